The quantitative estimate of drug-likeness (QED) is 0.462. The van der Waals surface area contributed by atoms with E-state index >= 15 is 0 Å². The second-order valence-corrected chi connectivity index (χ2v) is 6.75. The lowest BCUT2D eigenvalue weighted by Gasteiger charge is -2.11. The van der Waals surface area contributed by atoms with Gasteiger partial charge in [0.05, 0.1) is 30.9 Å². The third-order valence-electron chi connectivity index (χ3n) is 4.99. The minimum atomic E-state index is 0.503. The van der Waals surface area contributed by atoms with Gasteiger partial charge >= 0.3 is 0 Å². The summed E-state index contributed by atoms with van der Waals surface area (Å²) in [7, 11) is 3.25. The number of hydrogen-bond acceptors (Lipinski definition) is 6. The fourth-order valence-corrected chi connectivity index (χ4v) is 3.52. The third-order valence-corrected chi connectivity index (χ3v) is 4.99. The molecule has 7 nitrogen and oxygen atoms in total. The van der Waals surface area contributed by atoms with Crippen LogP contribution in [0.1, 0.15) is 0 Å². The number of anilines is 2. The fraction of sp³-hybridized carbons (Fsp3) is 0.0870. The van der Waals surface area contributed by atoms with Gasteiger partial charge in [0.15, 0.2) is 5.82 Å². The second kappa shape index (κ2) is 7.36. The molecule has 0 saturated carbocycles. The van der Waals surface area contributed by atoms with Crippen LogP contribution in [0.15, 0.2) is 73.1 Å². The molecule has 0 aliphatic heterocycles. The van der Waals surface area contributed by atoms with Crippen LogP contribution in [0.2, 0.25) is 0 Å². The molecule has 0 fully saturated rings. The van der Waals surface area contributed by atoms with Crippen LogP contribution in [0.5, 0.6) is 11.6 Å². The Bertz CT molecular complexity index is 1360. The molecule has 148 valence electrons. The molecule has 0 atom stereocenters. The van der Waals surface area contributed by atoms with E-state index in [2.05, 4.69) is 20.5 Å². The van der Waals surface area contributed by atoms with Gasteiger partial charge in [-0.05, 0) is 36.4 Å². The van der Waals surface area contributed by atoms with Gasteiger partial charge in [0, 0.05) is 22.5 Å². The summed E-state index contributed by atoms with van der Waals surface area (Å²) in [5, 5.41) is 13.7. The van der Waals surface area contributed by atoms with Crippen molar-refractivity contribution in [2.75, 3.05) is 19.5 Å². The normalized spacial score (nSPS) is 11.0. The molecule has 0 saturated heterocycles. The van der Waals surface area contributed by atoms with Gasteiger partial charge in [-0.1, -0.05) is 24.3 Å². The molecule has 5 aromatic rings. The molecule has 0 aliphatic rings. The summed E-state index contributed by atoms with van der Waals surface area (Å²) in [6.45, 7) is 0. The first-order chi connectivity index (χ1) is 14.8. The van der Waals surface area contributed by atoms with E-state index in [0.29, 0.717) is 11.7 Å². The number of nitrogens with one attached hydrogen (secondary N) is 1. The maximum Gasteiger partial charge on any atom is 0.241 e. The molecule has 0 aliphatic carbocycles. The number of hydrogen-bond donors (Lipinski definition) is 1. The van der Waals surface area contributed by atoms with Crippen LogP contribution in [0.25, 0.3) is 27.5 Å². The van der Waals surface area contributed by atoms with Crippen LogP contribution in [-0.2, 0) is 0 Å². The van der Waals surface area contributed by atoms with Gasteiger partial charge in [-0.15, -0.1) is 10.2 Å². The van der Waals surface area contributed by atoms with Crippen molar-refractivity contribution in [3.8, 4) is 17.3 Å². The van der Waals surface area contributed by atoms with Crippen molar-refractivity contribution in [2.24, 2.45) is 0 Å². The van der Waals surface area contributed by atoms with Gasteiger partial charge in [0.25, 0.3) is 0 Å². The van der Waals surface area contributed by atoms with Crippen LogP contribution in [0.4, 0.5) is 11.5 Å². The number of aromatic nitrogens is 4. The summed E-state index contributed by atoms with van der Waals surface area (Å²) < 4.78 is 12.7. The Balaban J connectivity index is 1.52. The van der Waals surface area contributed by atoms with Crippen LogP contribution < -0.4 is 14.8 Å². The molecule has 2 heterocycles. The largest absolute Gasteiger partial charge is 0.497 e. The summed E-state index contributed by atoms with van der Waals surface area (Å²) in [6, 6.07) is 21.8. The molecule has 30 heavy (non-hydrogen) atoms. The zero-order chi connectivity index (χ0) is 20.5. The van der Waals surface area contributed by atoms with Crippen molar-refractivity contribution in [2.45, 2.75) is 0 Å². The van der Waals surface area contributed by atoms with Crippen molar-refractivity contribution in [3.05, 3.63) is 73.1 Å². The number of ether oxygens (including phenoxy) is 2. The standard InChI is InChI=1S/C23H19N5O2/c1-29-17-7-5-6-16(13-17)28-14-24-20-12-15(10-11-21(20)28)25-22-18-8-3-4-9-19(18)23(30-2)27-26-22/h3-14H,1-2H3,(H,25,26). The fourth-order valence-electron chi connectivity index (χ4n) is 3.52. The monoisotopic (exact) mass is 397 g/mol. The van der Waals surface area contributed by atoms with E-state index in [1.54, 1.807) is 14.2 Å². The van der Waals surface area contributed by atoms with Gasteiger partial charge in [-0.25, -0.2) is 4.98 Å². The molecule has 2 aromatic heterocycles. The summed E-state index contributed by atoms with van der Waals surface area (Å²) >= 11 is 0. The molecular weight excluding hydrogens is 378 g/mol. The third kappa shape index (κ3) is 3.06. The predicted octanol–water partition coefficient (Wildman–Crippen LogP) is 4.73. The van der Waals surface area contributed by atoms with Crippen LogP contribution >= 0.6 is 0 Å². The van der Waals surface area contributed by atoms with Gasteiger partial charge < -0.3 is 14.8 Å². The highest BCUT2D eigenvalue weighted by Gasteiger charge is 2.11. The van der Waals surface area contributed by atoms with Crippen molar-refractivity contribution in [3.63, 3.8) is 0 Å². The molecule has 3 aromatic carbocycles. The Morgan fingerprint density at radius 3 is 2.53 bits per heavy atom. The maximum absolute atomic E-state index is 5.34. The van der Waals surface area contributed by atoms with Crippen molar-refractivity contribution in [1.29, 1.82) is 0 Å². The van der Waals surface area contributed by atoms with E-state index in [9.17, 15) is 0 Å². The average molecular weight is 397 g/mol. The lowest BCUT2D eigenvalue weighted by molar-refractivity contribution is 0.398. The van der Waals surface area contributed by atoms with Gasteiger partial charge in [0.1, 0.15) is 12.1 Å². The van der Waals surface area contributed by atoms with E-state index in [4.69, 9.17) is 9.47 Å². The molecule has 5 rings (SSSR count). The Kier molecular flexibility index (Phi) is 4.40. The highest BCUT2D eigenvalue weighted by atomic mass is 16.5. The van der Waals surface area contributed by atoms with E-state index < -0.39 is 0 Å². The Morgan fingerprint density at radius 2 is 1.70 bits per heavy atom. The minimum absolute atomic E-state index is 0.503. The first-order valence-electron chi connectivity index (χ1n) is 9.45. The Morgan fingerprint density at radius 1 is 0.833 bits per heavy atom. The van der Waals surface area contributed by atoms with Gasteiger partial charge in [0.2, 0.25) is 5.88 Å². The van der Waals surface area contributed by atoms with E-state index in [0.717, 1.165) is 38.9 Å². The lowest BCUT2D eigenvalue weighted by Crippen LogP contribution is -1.99. The summed E-state index contributed by atoms with van der Waals surface area (Å²) in [6.07, 6.45) is 1.81. The molecule has 0 spiro atoms. The first kappa shape index (κ1) is 17.9. The summed E-state index contributed by atoms with van der Waals surface area (Å²) in [5.41, 5.74) is 3.74. The molecule has 1 N–H and O–H groups in total. The zero-order valence-corrected chi connectivity index (χ0v) is 16.5. The SMILES string of the molecule is COc1cccc(-n2cnc3cc(Nc4nnc(OC)c5ccccc45)ccc32)c1. The molecular formula is C23H19N5O2. The zero-order valence-electron chi connectivity index (χ0n) is 16.5. The predicted molar refractivity (Wildman–Crippen MR) is 117 cm³/mol. The summed E-state index contributed by atoms with van der Waals surface area (Å²) in [5.74, 6) is 1.97. The van der Waals surface area contributed by atoms with E-state index in [1.807, 2.05) is 77.6 Å². The number of benzene rings is 3. The Labute approximate surface area is 172 Å². The minimum Gasteiger partial charge on any atom is -0.497 e. The number of nitrogens with zero attached hydrogens (tertiary/aromatic N) is 4. The van der Waals surface area contributed by atoms with Crippen LogP contribution in [-0.4, -0.2) is 34.0 Å². The van der Waals surface area contributed by atoms with E-state index in [-0.39, 0.29) is 0 Å². The second-order valence-electron chi connectivity index (χ2n) is 6.75. The Hall–Kier alpha value is -4.13. The summed E-state index contributed by atoms with van der Waals surface area (Å²) in [4.78, 5) is 4.57. The lowest BCUT2D eigenvalue weighted by atomic mass is 10.2. The average Bonchev–Trinajstić information content (AvgIpc) is 3.22. The molecule has 0 bridgehead atoms. The molecule has 0 radical (unpaired) electrons. The van der Waals surface area contributed by atoms with Crippen molar-refractivity contribution >= 4 is 33.3 Å². The molecule has 7 heteroatoms. The smallest absolute Gasteiger partial charge is 0.241 e. The van der Waals surface area contributed by atoms with Crippen LogP contribution in [0.3, 0.4) is 0 Å². The van der Waals surface area contributed by atoms with Gasteiger partial charge in [-0.3, -0.25) is 4.57 Å². The van der Waals surface area contributed by atoms with Gasteiger partial charge in [-0.2, -0.15) is 0 Å². The number of methoxy groups -OCH3 is 2. The van der Waals surface area contributed by atoms with Crippen molar-refractivity contribution < 1.29 is 9.47 Å². The number of rotatable bonds is 5. The van der Waals surface area contributed by atoms with E-state index in [1.165, 1.54) is 0 Å². The maximum atomic E-state index is 5.34. The number of fused-ring (bicyclic) bond motifs is 2. The molecule has 0 unspecified atom stereocenters. The first-order valence-corrected chi connectivity index (χ1v) is 9.45. The molecule has 0 amide bonds. The highest BCUT2D eigenvalue weighted by Crippen LogP contribution is 2.30. The number of imidazole rings is 1. The topological polar surface area (TPSA) is 74.1 Å². The van der Waals surface area contributed by atoms with Crippen LogP contribution in [0, 0.1) is 0 Å². The van der Waals surface area contributed by atoms with Crippen molar-refractivity contribution in [1.82, 2.24) is 19.7 Å². The highest BCUT2D eigenvalue weighted by molar-refractivity contribution is 5.96.